The average molecular weight is 245 g/mol. The molecule has 0 bridgehead atoms. The van der Waals surface area contributed by atoms with Crippen molar-refractivity contribution in [2.45, 2.75) is 58.1 Å². The molecule has 1 aliphatic heterocycles. The zero-order valence-electron chi connectivity index (χ0n) is 10.8. The van der Waals surface area contributed by atoms with E-state index >= 15 is 0 Å². The Morgan fingerprint density at radius 3 is 2.76 bits per heavy atom. The molecule has 0 aromatic carbocycles. The topological polar surface area (TPSA) is 71.1 Å². The maximum Gasteiger partial charge on any atom is 0.146 e. The van der Waals surface area contributed by atoms with E-state index in [2.05, 4.69) is 5.32 Å². The van der Waals surface area contributed by atoms with Gasteiger partial charge in [-0.15, -0.1) is 0 Å². The van der Waals surface area contributed by atoms with Gasteiger partial charge in [0.15, 0.2) is 0 Å². The molecule has 5 heteroatoms. The molecule has 1 aliphatic rings. The van der Waals surface area contributed by atoms with Crippen molar-refractivity contribution in [1.29, 1.82) is 0 Å². The number of aliphatic hydroxyl groups excluding tert-OH is 1. The number of ether oxygens (including phenoxy) is 2. The van der Waals surface area contributed by atoms with Gasteiger partial charge in [-0.25, -0.2) is 0 Å². The minimum atomic E-state index is -0.791. The van der Waals surface area contributed by atoms with Crippen LogP contribution in [-0.2, 0) is 14.3 Å². The molecule has 0 aromatic rings. The van der Waals surface area contributed by atoms with Crippen molar-refractivity contribution in [3.63, 3.8) is 0 Å². The lowest BCUT2D eigenvalue weighted by Crippen LogP contribution is -2.45. The Kier molecular flexibility index (Phi) is 6.05. The van der Waals surface area contributed by atoms with Crippen LogP contribution in [-0.4, -0.2) is 48.6 Å². The molecule has 4 atom stereocenters. The lowest BCUT2D eigenvalue weighted by atomic mass is 10.1. The highest BCUT2D eigenvalue weighted by atomic mass is 16.6. The highest BCUT2D eigenvalue weighted by Crippen LogP contribution is 2.25. The van der Waals surface area contributed by atoms with Gasteiger partial charge in [-0.05, 0) is 20.3 Å². The van der Waals surface area contributed by atoms with E-state index < -0.39 is 6.23 Å². The fraction of sp³-hybridized carbons (Fsp3) is 0.917. The Hall–Kier alpha value is -0.490. The highest BCUT2D eigenvalue weighted by molar-refractivity contribution is 5.81. The quantitative estimate of drug-likeness (QED) is 0.456. The van der Waals surface area contributed by atoms with Crippen LogP contribution in [0.4, 0.5) is 0 Å². The maximum atomic E-state index is 11.3. The summed E-state index contributed by atoms with van der Waals surface area (Å²) >= 11 is 0. The first-order chi connectivity index (χ1) is 8.10. The molecule has 0 saturated carbocycles. The molecule has 100 valence electrons. The SMILES string of the molecule is CCCC(NC(O)C1OC1COCC)C(C)=O. The third-order valence-corrected chi connectivity index (χ3v) is 2.86. The van der Waals surface area contributed by atoms with Gasteiger partial charge in [-0.3, -0.25) is 10.1 Å². The molecular weight excluding hydrogens is 222 g/mol. The second kappa shape index (κ2) is 7.06. The van der Waals surface area contributed by atoms with Crippen LogP contribution >= 0.6 is 0 Å². The van der Waals surface area contributed by atoms with E-state index in [0.29, 0.717) is 13.2 Å². The molecule has 5 nitrogen and oxygen atoms in total. The number of epoxide rings is 1. The minimum absolute atomic E-state index is 0.0490. The first-order valence-electron chi connectivity index (χ1n) is 6.27. The van der Waals surface area contributed by atoms with Gasteiger partial charge in [0.25, 0.3) is 0 Å². The number of nitrogens with one attached hydrogen (secondary N) is 1. The Bertz CT molecular complexity index is 247. The summed E-state index contributed by atoms with van der Waals surface area (Å²) < 4.78 is 10.5. The van der Waals surface area contributed by atoms with Crippen molar-refractivity contribution in [2.75, 3.05) is 13.2 Å². The average Bonchev–Trinajstić information content (AvgIpc) is 3.05. The third-order valence-electron chi connectivity index (χ3n) is 2.86. The van der Waals surface area contributed by atoms with Crippen molar-refractivity contribution in [3.05, 3.63) is 0 Å². The standard InChI is InChI=1S/C12H23NO4/c1-4-6-9(8(3)14)13-12(15)11-10(17-11)7-16-5-2/h9-13,15H,4-7H2,1-3H3. The van der Waals surface area contributed by atoms with E-state index in [1.54, 1.807) is 0 Å². The van der Waals surface area contributed by atoms with E-state index in [4.69, 9.17) is 9.47 Å². The fourth-order valence-electron chi connectivity index (χ4n) is 1.80. The van der Waals surface area contributed by atoms with Gasteiger partial charge >= 0.3 is 0 Å². The van der Waals surface area contributed by atoms with Crippen molar-refractivity contribution >= 4 is 5.78 Å². The van der Waals surface area contributed by atoms with Gasteiger partial charge < -0.3 is 14.6 Å². The van der Waals surface area contributed by atoms with Crippen molar-refractivity contribution in [2.24, 2.45) is 0 Å². The largest absolute Gasteiger partial charge is 0.379 e. The number of rotatable bonds is 9. The summed E-state index contributed by atoms with van der Waals surface area (Å²) in [7, 11) is 0. The molecule has 1 heterocycles. The van der Waals surface area contributed by atoms with Crippen LogP contribution in [0.3, 0.4) is 0 Å². The van der Waals surface area contributed by atoms with Gasteiger partial charge in [-0.1, -0.05) is 13.3 Å². The number of carbonyl (C=O) groups is 1. The summed E-state index contributed by atoms with van der Waals surface area (Å²) in [6.45, 7) is 6.60. The molecule has 0 aromatic heterocycles. The Balaban J connectivity index is 2.28. The van der Waals surface area contributed by atoms with E-state index in [0.717, 1.165) is 12.8 Å². The monoisotopic (exact) mass is 245 g/mol. The lowest BCUT2D eigenvalue weighted by molar-refractivity contribution is -0.120. The Morgan fingerprint density at radius 1 is 1.53 bits per heavy atom. The molecule has 0 spiro atoms. The zero-order chi connectivity index (χ0) is 12.8. The number of hydrogen-bond acceptors (Lipinski definition) is 5. The highest BCUT2D eigenvalue weighted by Gasteiger charge is 2.45. The Morgan fingerprint density at radius 2 is 2.24 bits per heavy atom. The number of hydrogen-bond donors (Lipinski definition) is 2. The number of carbonyl (C=O) groups excluding carboxylic acids is 1. The number of Topliss-reactive ketones (excluding diaryl/α,β-unsaturated/α-hetero) is 1. The van der Waals surface area contributed by atoms with Crippen LogP contribution in [0.25, 0.3) is 0 Å². The molecule has 0 radical (unpaired) electrons. The van der Waals surface area contributed by atoms with Crippen molar-refractivity contribution in [1.82, 2.24) is 5.32 Å². The molecule has 1 rings (SSSR count). The molecule has 2 N–H and O–H groups in total. The second-order valence-electron chi connectivity index (χ2n) is 4.36. The van der Waals surface area contributed by atoms with Crippen molar-refractivity contribution < 1.29 is 19.4 Å². The van der Waals surface area contributed by atoms with Crippen LogP contribution in [0.2, 0.25) is 0 Å². The molecule has 4 unspecified atom stereocenters. The van der Waals surface area contributed by atoms with Crippen LogP contribution in [0.5, 0.6) is 0 Å². The van der Waals surface area contributed by atoms with E-state index in [-0.39, 0.29) is 24.0 Å². The summed E-state index contributed by atoms with van der Waals surface area (Å²) in [5.74, 6) is 0.0490. The van der Waals surface area contributed by atoms with Gasteiger partial charge in [0.1, 0.15) is 24.2 Å². The Labute approximate surface area is 102 Å². The summed E-state index contributed by atoms with van der Waals surface area (Å²) in [4.78, 5) is 11.3. The van der Waals surface area contributed by atoms with Gasteiger partial charge in [0.05, 0.1) is 12.6 Å². The summed E-state index contributed by atoms with van der Waals surface area (Å²) in [5, 5.41) is 12.8. The molecule has 0 aliphatic carbocycles. The minimum Gasteiger partial charge on any atom is -0.379 e. The zero-order valence-corrected chi connectivity index (χ0v) is 10.8. The van der Waals surface area contributed by atoms with Crippen LogP contribution in [0.1, 0.15) is 33.6 Å². The smallest absolute Gasteiger partial charge is 0.146 e. The number of ketones is 1. The van der Waals surface area contributed by atoms with E-state index in [9.17, 15) is 9.90 Å². The van der Waals surface area contributed by atoms with Gasteiger partial charge in [0, 0.05) is 6.61 Å². The molecule has 0 amide bonds. The second-order valence-corrected chi connectivity index (χ2v) is 4.36. The number of aliphatic hydroxyl groups is 1. The van der Waals surface area contributed by atoms with E-state index in [1.165, 1.54) is 6.92 Å². The van der Waals surface area contributed by atoms with Crippen LogP contribution in [0.15, 0.2) is 0 Å². The fourth-order valence-corrected chi connectivity index (χ4v) is 1.80. The van der Waals surface area contributed by atoms with Gasteiger partial charge in [-0.2, -0.15) is 0 Å². The van der Waals surface area contributed by atoms with Crippen LogP contribution < -0.4 is 5.32 Å². The van der Waals surface area contributed by atoms with E-state index in [1.807, 2.05) is 13.8 Å². The van der Waals surface area contributed by atoms with Gasteiger partial charge in [0.2, 0.25) is 0 Å². The lowest BCUT2D eigenvalue weighted by Gasteiger charge is -2.18. The third kappa shape index (κ3) is 4.71. The predicted octanol–water partition coefficient (Wildman–Crippen LogP) is 0.456. The summed E-state index contributed by atoms with van der Waals surface area (Å²) in [5.41, 5.74) is 0. The first kappa shape index (κ1) is 14.6. The predicted molar refractivity (Wildman–Crippen MR) is 63.7 cm³/mol. The molecular formula is C12H23NO4. The van der Waals surface area contributed by atoms with Crippen LogP contribution in [0, 0.1) is 0 Å². The van der Waals surface area contributed by atoms with Crippen molar-refractivity contribution in [3.8, 4) is 0 Å². The first-order valence-corrected chi connectivity index (χ1v) is 6.27. The normalized spacial score (nSPS) is 26.6. The molecule has 1 fully saturated rings. The summed E-state index contributed by atoms with van der Waals surface area (Å²) in [6.07, 6.45) is 0.542. The molecule has 1 saturated heterocycles. The maximum absolute atomic E-state index is 11.3. The molecule has 17 heavy (non-hydrogen) atoms. The summed E-state index contributed by atoms with van der Waals surface area (Å²) in [6, 6.07) is -0.285.